The third-order valence-electron chi connectivity index (χ3n) is 2.50. The molecule has 1 aromatic rings. The molecule has 1 nitrogen and oxygen atoms in total. The largest absolute Gasteiger partial charge is 0.313 e. The van der Waals surface area contributed by atoms with Crippen LogP contribution in [0.1, 0.15) is 17.5 Å². The maximum atomic E-state index is 6.96. The van der Waals surface area contributed by atoms with Crippen molar-refractivity contribution in [3.63, 3.8) is 0 Å². The Morgan fingerprint density at radius 3 is 2.75 bits per heavy atom. The fourth-order valence-electron chi connectivity index (χ4n) is 1.79. The Labute approximate surface area is 72.9 Å². The van der Waals surface area contributed by atoms with Gasteiger partial charge in [-0.1, -0.05) is 24.3 Å². The van der Waals surface area contributed by atoms with Crippen LogP contribution in [0.25, 0.3) is 4.85 Å². The highest BCUT2D eigenvalue weighted by molar-refractivity contribution is 5.31. The summed E-state index contributed by atoms with van der Waals surface area (Å²) in [5.41, 5.74) is 2.82. The number of benzene rings is 1. The van der Waals surface area contributed by atoms with Gasteiger partial charge in [-0.3, -0.25) is 0 Å². The zero-order chi connectivity index (χ0) is 8.39. The number of rotatable bonds is 0. The lowest BCUT2D eigenvalue weighted by atomic mass is 9.89. The van der Waals surface area contributed by atoms with E-state index in [1.165, 1.54) is 11.1 Å². The van der Waals surface area contributed by atoms with Crippen molar-refractivity contribution in [3.05, 3.63) is 46.8 Å². The summed E-state index contributed by atoms with van der Waals surface area (Å²) in [6, 6.07) is 8.70. The summed E-state index contributed by atoms with van der Waals surface area (Å²) < 4.78 is 0. The van der Waals surface area contributed by atoms with Crippen LogP contribution in [0.5, 0.6) is 0 Å². The SMILES string of the molecule is [C-]#[N+]C1CCc2ccccc2C1. The highest BCUT2D eigenvalue weighted by atomic mass is 14.7. The van der Waals surface area contributed by atoms with Gasteiger partial charge in [0.05, 0.1) is 0 Å². The number of nitrogens with zero attached hydrogens (tertiary/aromatic N) is 1. The molecular weight excluding hydrogens is 146 g/mol. The topological polar surface area (TPSA) is 4.36 Å². The van der Waals surface area contributed by atoms with E-state index < -0.39 is 0 Å². The molecule has 0 radical (unpaired) electrons. The first-order valence-corrected chi connectivity index (χ1v) is 4.33. The Morgan fingerprint density at radius 2 is 2.00 bits per heavy atom. The zero-order valence-corrected chi connectivity index (χ0v) is 6.96. The third kappa shape index (κ3) is 1.21. The Morgan fingerprint density at radius 1 is 1.25 bits per heavy atom. The number of hydrogen-bond donors (Lipinski definition) is 0. The molecule has 60 valence electrons. The second-order valence-corrected chi connectivity index (χ2v) is 3.29. The molecule has 0 aliphatic heterocycles. The van der Waals surface area contributed by atoms with Crippen LogP contribution in [0.2, 0.25) is 0 Å². The predicted octanol–water partition coefficient (Wildman–Crippen LogP) is 2.46. The zero-order valence-electron chi connectivity index (χ0n) is 6.96. The van der Waals surface area contributed by atoms with Gasteiger partial charge in [0.1, 0.15) is 0 Å². The van der Waals surface area contributed by atoms with Crippen molar-refractivity contribution >= 4 is 0 Å². The molecule has 2 rings (SSSR count). The fraction of sp³-hybridized carbons (Fsp3) is 0.364. The van der Waals surface area contributed by atoms with E-state index in [0.717, 1.165) is 19.3 Å². The fourth-order valence-corrected chi connectivity index (χ4v) is 1.79. The summed E-state index contributed by atoms with van der Waals surface area (Å²) in [6.07, 6.45) is 3.09. The molecule has 0 fully saturated rings. The molecule has 0 saturated heterocycles. The summed E-state index contributed by atoms with van der Waals surface area (Å²) in [6.45, 7) is 6.96. The maximum absolute atomic E-state index is 6.96. The molecule has 1 aromatic carbocycles. The summed E-state index contributed by atoms with van der Waals surface area (Å²) in [5.74, 6) is 0. The van der Waals surface area contributed by atoms with Gasteiger partial charge in [0.15, 0.2) is 0 Å². The predicted molar refractivity (Wildman–Crippen MR) is 48.9 cm³/mol. The molecule has 1 aliphatic carbocycles. The summed E-state index contributed by atoms with van der Waals surface area (Å²) in [4.78, 5) is 3.60. The number of fused-ring (bicyclic) bond motifs is 1. The summed E-state index contributed by atoms with van der Waals surface area (Å²) in [5, 5.41) is 0. The van der Waals surface area contributed by atoms with Crippen LogP contribution < -0.4 is 0 Å². The summed E-state index contributed by atoms with van der Waals surface area (Å²) in [7, 11) is 0. The lowest BCUT2D eigenvalue weighted by molar-refractivity contribution is 0.642. The van der Waals surface area contributed by atoms with Gasteiger partial charge in [0, 0.05) is 12.8 Å². The lowest BCUT2D eigenvalue weighted by Crippen LogP contribution is -2.15. The number of aryl methyl sites for hydroxylation is 1. The van der Waals surface area contributed by atoms with E-state index in [1.54, 1.807) is 0 Å². The van der Waals surface area contributed by atoms with Crippen LogP contribution in [0.15, 0.2) is 24.3 Å². The third-order valence-corrected chi connectivity index (χ3v) is 2.50. The van der Waals surface area contributed by atoms with Crippen LogP contribution in [-0.2, 0) is 12.8 Å². The van der Waals surface area contributed by atoms with E-state index in [-0.39, 0.29) is 6.04 Å². The molecule has 0 bridgehead atoms. The molecule has 0 spiro atoms. The molecule has 0 N–H and O–H groups in total. The molecular formula is C11H11N. The van der Waals surface area contributed by atoms with Crippen LogP contribution in [0.3, 0.4) is 0 Å². The summed E-state index contributed by atoms with van der Waals surface area (Å²) >= 11 is 0. The normalized spacial score (nSPS) is 21.1. The first-order chi connectivity index (χ1) is 5.90. The first kappa shape index (κ1) is 7.36. The van der Waals surface area contributed by atoms with E-state index in [0.29, 0.717) is 0 Å². The minimum Gasteiger partial charge on any atom is -0.313 e. The van der Waals surface area contributed by atoms with Gasteiger partial charge in [-0.05, 0) is 17.5 Å². The van der Waals surface area contributed by atoms with E-state index in [4.69, 9.17) is 6.57 Å². The highest BCUT2D eigenvalue weighted by Gasteiger charge is 2.20. The van der Waals surface area contributed by atoms with E-state index in [1.807, 2.05) is 0 Å². The molecule has 1 heteroatoms. The second-order valence-electron chi connectivity index (χ2n) is 3.29. The van der Waals surface area contributed by atoms with Crippen molar-refractivity contribution in [1.29, 1.82) is 0 Å². The van der Waals surface area contributed by atoms with Crippen LogP contribution in [0.4, 0.5) is 0 Å². The molecule has 12 heavy (non-hydrogen) atoms. The van der Waals surface area contributed by atoms with E-state index in [9.17, 15) is 0 Å². The quantitative estimate of drug-likeness (QED) is 0.509. The van der Waals surface area contributed by atoms with Gasteiger partial charge in [0.25, 0.3) is 0 Å². The van der Waals surface area contributed by atoms with E-state index >= 15 is 0 Å². The van der Waals surface area contributed by atoms with Gasteiger partial charge < -0.3 is 4.85 Å². The van der Waals surface area contributed by atoms with Crippen molar-refractivity contribution in [1.82, 2.24) is 0 Å². The Hall–Kier alpha value is -1.29. The van der Waals surface area contributed by atoms with Gasteiger partial charge in [-0.2, -0.15) is 0 Å². The Kier molecular flexibility index (Phi) is 1.83. The second kappa shape index (κ2) is 2.98. The monoisotopic (exact) mass is 157 g/mol. The van der Waals surface area contributed by atoms with Crippen LogP contribution in [-0.4, -0.2) is 6.04 Å². The van der Waals surface area contributed by atoms with Crippen LogP contribution in [0, 0.1) is 6.57 Å². The molecule has 0 amide bonds. The van der Waals surface area contributed by atoms with Crippen molar-refractivity contribution in [2.75, 3.05) is 0 Å². The first-order valence-electron chi connectivity index (χ1n) is 4.33. The van der Waals surface area contributed by atoms with Crippen molar-refractivity contribution in [3.8, 4) is 0 Å². The molecule has 1 atom stereocenters. The van der Waals surface area contributed by atoms with Gasteiger partial charge in [-0.25, -0.2) is 6.57 Å². The standard InChI is InChI=1S/C11H11N/c1-12-11-7-6-9-4-2-3-5-10(9)8-11/h2-5,11H,6-8H2. The maximum Gasteiger partial charge on any atom is 0.228 e. The Balaban J connectivity index is 2.30. The van der Waals surface area contributed by atoms with Crippen LogP contribution >= 0.6 is 0 Å². The van der Waals surface area contributed by atoms with Gasteiger partial charge in [-0.15, -0.1) is 0 Å². The Bertz CT molecular complexity index is 322. The minimum atomic E-state index is 0.236. The smallest absolute Gasteiger partial charge is 0.228 e. The molecule has 1 aliphatic rings. The number of hydrogen-bond acceptors (Lipinski definition) is 0. The average molecular weight is 157 g/mol. The van der Waals surface area contributed by atoms with E-state index in [2.05, 4.69) is 29.1 Å². The molecule has 1 unspecified atom stereocenters. The minimum absolute atomic E-state index is 0.236. The van der Waals surface area contributed by atoms with Crippen molar-refractivity contribution in [2.45, 2.75) is 25.3 Å². The lowest BCUT2D eigenvalue weighted by Gasteiger charge is -2.16. The molecule has 0 aromatic heterocycles. The average Bonchev–Trinajstić information content (AvgIpc) is 2.17. The highest BCUT2D eigenvalue weighted by Crippen LogP contribution is 2.22. The van der Waals surface area contributed by atoms with Gasteiger partial charge >= 0.3 is 0 Å². The van der Waals surface area contributed by atoms with Gasteiger partial charge in [0.2, 0.25) is 6.04 Å². The van der Waals surface area contributed by atoms with Crippen molar-refractivity contribution < 1.29 is 0 Å². The van der Waals surface area contributed by atoms with Crippen molar-refractivity contribution in [2.24, 2.45) is 0 Å². The molecule has 0 saturated carbocycles. The molecule has 0 heterocycles.